The fourth-order valence-corrected chi connectivity index (χ4v) is 1.93. The minimum Gasteiger partial charge on any atom is -0.444 e. The van der Waals surface area contributed by atoms with Gasteiger partial charge < -0.3 is 14.4 Å². The van der Waals surface area contributed by atoms with Gasteiger partial charge in [-0.25, -0.2) is 4.79 Å². The largest absolute Gasteiger partial charge is 0.444 e. The van der Waals surface area contributed by atoms with Crippen molar-refractivity contribution in [2.75, 3.05) is 13.7 Å². The molecule has 0 saturated carbocycles. The Morgan fingerprint density at radius 1 is 1.38 bits per heavy atom. The molecule has 1 amide bonds. The van der Waals surface area contributed by atoms with Crippen molar-refractivity contribution in [1.82, 2.24) is 4.90 Å². The highest BCUT2D eigenvalue weighted by Crippen LogP contribution is 2.21. The second kappa shape index (κ2) is 5.04. The van der Waals surface area contributed by atoms with E-state index in [0.717, 1.165) is 12.8 Å². The standard InChI is InChI=1S/C12H23NO3/c1-9-8-10(15-5)6-7-13(9)11(14)16-12(2,3)4/h9-10H,6-8H2,1-5H3/t9-,10-/m1/s1. The Morgan fingerprint density at radius 3 is 2.44 bits per heavy atom. The number of hydrogen-bond donors (Lipinski definition) is 0. The summed E-state index contributed by atoms with van der Waals surface area (Å²) < 4.78 is 10.7. The Hall–Kier alpha value is -0.770. The maximum absolute atomic E-state index is 11.9. The van der Waals surface area contributed by atoms with Crippen molar-refractivity contribution in [2.45, 2.75) is 58.3 Å². The fourth-order valence-electron chi connectivity index (χ4n) is 1.93. The van der Waals surface area contributed by atoms with Crippen LogP contribution in [0.5, 0.6) is 0 Å². The molecule has 1 heterocycles. The van der Waals surface area contributed by atoms with Crippen LogP contribution in [0.4, 0.5) is 4.79 Å². The van der Waals surface area contributed by atoms with E-state index in [0.29, 0.717) is 6.54 Å². The number of rotatable bonds is 1. The van der Waals surface area contributed by atoms with Gasteiger partial charge in [0.1, 0.15) is 5.60 Å². The molecule has 0 aliphatic carbocycles. The first kappa shape index (κ1) is 13.3. The van der Waals surface area contributed by atoms with E-state index in [-0.39, 0.29) is 18.2 Å². The summed E-state index contributed by atoms with van der Waals surface area (Å²) in [5, 5.41) is 0. The Bertz CT molecular complexity index is 247. The third kappa shape index (κ3) is 3.67. The number of hydrogen-bond acceptors (Lipinski definition) is 3. The molecule has 4 heteroatoms. The van der Waals surface area contributed by atoms with E-state index in [1.807, 2.05) is 27.7 Å². The van der Waals surface area contributed by atoms with Crippen LogP contribution in [0.15, 0.2) is 0 Å². The molecule has 1 rings (SSSR count). The van der Waals surface area contributed by atoms with E-state index in [9.17, 15) is 4.79 Å². The zero-order valence-electron chi connectivity index (χ0n) is 10.9. The number of methoxy groups -OCH3 is 1. The predicted octanol–water partition coefficient (Wildman–Crippen LogP) is 2.42. The second-order valence-electron chi connectivity index (χ2n) is 5.40. The first-order valence-corrected chi connectivity index (χ1v) is 5.86. The lowest BCUT2D eigenvalue weighted by atomic mass is 10.0. The van der Waals surface area contributed by atoms with Gasteiger partial charge in [-0.1, -0.05) is 0 Å². The number of amides is 1. The smallest absolute Gasteiger partial charge is 0.410 e. The number of carbonyl (C=O) groups excluding carboxylic acids is 1. The quantitative estimate of drug-likeness (QED) is 0.693. The third-order valence-electron chi connectivity index (χ3n) is 2.79. The second-order valence-corrected chi connectivity index (χ2v) is 5.40. The van der Waals surface area contributed by atoms with Gasteiger partial charge in [-0.3, -0.25) is 0 Å². The minimum atomic E-state index is -0.422. The molecule has 0 aromatic rings. The van der Waals surface area contributed by atoms with Gasteiger partial charge in [-0.15, -0.1) is 0 Å². The summed E-state index contributed by atoms with van der Waals surface area (Å²) >= 11 is 0. The zero-order chi connectivity index (χ0) is 12.3. The van der Waals surface area contributed by atoms with Gasteiger partial charge in [-0.2, -0.15) is 0 Å². The molecular weight excluding hydrogens is 206 g/mol. The van der Waals surface area contributed by atoms with Gasteiger partial charge in [0.15, 0.2) is 0 Å². The Balaban J connectivity index is 2.52. The van der Waals surface area contributed by atoms with Gasteiger partial charge in [0.05, 0.1) is 6.10 Å². The lowest BCUT2D eigenvalue weighted by molar-refractivity contribution is -0.0144. The highest BCUT2D eigenvalue weighted by atomic mass is 16.6. The van der Waals surface area contributed by atoms with Gasteiger partial charge >= 0.3 is 6.09 Å². The Morgan fingerprint density at radius 2 is 2.00 bits per heavy atom. The van der Waals surface area contributed by atoms with Gasteiger partial charge in [-0.05, 0) is 40.5 Å². The van der Waals surface area contributed by atoms with E-state index in [1.165, 1.54) is 0 Å². The van der Waals surface area contributed by atoms with Crippen molar-refractivity contribution in [3.63, 3.8) is 0 Å². The minimum absolute atomic E-state index is 0.188. The molecule has 1 aliphatic rings. The number of nitrogens with zero attached hydrogens (tertiary/aromatic N) is 1. The lowest BCUT2D eigenvalue weighted by Gasteiger charge is -2.37. The molecule has 0 N–H and O–H groups in total. The molecule has 2 atom stereocenters. The summed E-state index contributed by atoms with van der Waals surface area (Å²) in [4.78, 5) is 13.7. The number of likely N-dealkylation sites (tertiary alicyclic amines) is 1. The molecule has 0 aromatic carbocycles. The van der Waals surface area contributed by atoms with Crippen LogP contribution < -0.4 is 0 Å². The summed E-state index contributed by atoms with van der Waals surface area (Å²) in [6.45, 7) is 8.41. The van der Waals surface area contributed by atoms with Crippen molar-refractivity contribution >= 4 is 6.09 Å². The van der Waals surface area contributed by atoms with Crippen LogP contribution in [0.25, 0.3) is 0 Å². The predicted molar refractivity (Wildman–Crippen MR) is 62.4 cm³/mol. The topological polar surface area (TPSA) is 38.8 Å². The molecule has 0 bridgehead atoms. The maximum atomic E-state index is 11.9. The van der Waals surface area contributed by atoms with E-state index in [1.54, 1.807) is 12.0 Å². The van der Waals surface area contributed by atoms with E-state index in [4.69, 9.17) is 9.47 Å². The number of ether oxygens (including phenoxy) is 2. The molecule has 1 saturated heterocycles. The first-order chi connectivity index (χ1) is 7.33. The SMILES string of the molecule is CO[C@@H]1CCN(C(=O)OC(C)(C)C)[C@H](C)C1. The number of piperidine rings is 1. The molecule has 0 aromatic heterocycles. The monoisotopic (exact) mass is 229 g/mol. The summed E-state index contributed by atoms with van der Waals surface area (Å²) in [6, 6.07) is 0.188. The lowest BCUT2D eigenvalue weighted by Crippen LogP contribution is -2.48. The molecule has 94 valence electrons. The average molecular weight is 229 g/mol. The van der Waals surface area contributed by atoms with Crippen LogP contribution in [0.3, 0.4) is 0 Å². The Kier molecular flexibility index (Phi) is 4.19. The summed E-state index contributed by atoms with van der Waals surface area (Å²) in [5.74, 6) is 0. The number of carbonyl (C=O) groups is 1. The molecule has 0 unspecified atom stereocenters. The van der Waals surface area contributed by atoms with E-state index >= 15 is 0 Å². The van der Waals surface area contributed by atoms with Gasteiger partial charge in [0, 0.05) is 19.7 Å². The van der Waals surface area contributed by atoms with Crippen molar-refractivity contribution in [3.8, 4) is 0 Å². The molecule has 0 spiro atoms. The van der Waals surface area contributed by atoms with Crippen molar-refractivity contribution in [3.05, 3.63) is 0 Å². The van der Waals surface area contributed by atoms with Crippen molar-refractivity contribution < 1.29 is 14.3 Å². The highest BCUT2D eigenvalue weighted by molar-refractivity contribution is 5.68. The molecule has 1 aliphatic heterocycles. The van der Waals surface area contributed by atoms with Crippen molar-refractivity contribution in [2.24, 2.45) is 0 Å². The summed E-state index contributed by atoms with van der Waals surface area (Å²) in [5.41, 5.74) is -0.422. The van der Waals surface area contributed by atoms with Crippen LogP contribution in [-0.2, 0) is 9.47 Å². The van der Waals surface area contributed by atoms with Gasteiger partial charge in [0.25, 0.3) is 0 Å². The summed E-state index contributed by atoms with van der Waals surface area (Å²) in [7, 11) is 1.72. The van der Waals surface area contributed by atoms with Crippen LogP contribution in [-0.4, -0.2) is 42.4 Å². The van der Waals surface area contributed by atoms with E-state index in [2.05, 4.69) is 0 Å². The molecular formula is C12H23NO3. The van der Waals surface area contributed by atoms with Crippen LogP contribution >= 0.6 is 0 Å². The third-order valence-corrected chi connectivity index (χ3v) is 2.79. The average Bonchev–Trinajstić information content (AvgIpc) is 2.14. The van der Waals surface area contributed by atoms with Crippen LogP contribution in [0.2, 0.25) is 0 Å². The van der Waals surface area contributed by atoms with Crippen LogP contribution in [0, 0.1) is 0 Å². The molecule has 0 radical (unpaired) electrons. The Labute approximate surface area is 97.9 Å². The maximum Gasteiger partial charge on any atom is 0.410 e. The first-order valence-electron chi connectivity index (χ1n) is 5.86. The van der Waals surface area contributed by atoms with E-state index < -0.39 is 5.60 Å². The van der Waals surface area contributed by atoms with Crippen LogP contribution in [0.1, 0.15) is 40.5 Å². The molecule has 1 fully saturated rings. The highest BCUT2D eigenvalue weighted by Gasteiger charge is 2.31. The molecule has 16 heavy (non-hydrogen) atoms. The normalized spacial score (nSPS) is 26.7. The zero-order valence-corrected chi connectivity index (χ0v) is 10.9. The van der Waals surface area contributed by atoms with Gasteiger partial charge in [0.2, 0.25) is 0 Å². The summed E-state index contributed by atoms with van der Waals surface area (Å²) in [6.07, 6.45) is 1.83. The fraction of sp³-hybridized carbons (Fsp3) is 0.917. The van der Waals surface area contributed by atoms with Crippen molar-refractivity contribution in [1.29, 1.82) is 0 Å². The molecule has 4 nitrogen and oxygen atoms in total.